The third-order valence-corrected chi connectivity index (χ3v) is 7.10. The minimum atomic E-state index is -0.218. The van der Waals surface area contributed by atoms with Crippen molar-refractivity contribution in [3.8, 4) is 6.07 Å². The highest BCUT2D eigenvalue weighted by Gasteiger charge is 2.27. The molecule has 0 atom stereocenters. The molecule has 8 heteroatoms. The fourth-order valence-electron chi connectivity index (χ4n) is 4.71. The highest BCUT2D eigenvalue weighted by molar-refractivity contribution is 6.30. The molecule has 0 bridgehead atoms. The molecule has 0 unspecified atom stereocenters. The van der Waals surface area contributed by atoms with E-state index in [0.717, 1.165) is 57.5 Å². The van der Waals surface area contributed by atoms with Gasteiger partial charge in [-0.1, -0.05) is 23.7 Å². The number of amides is 1. The standard InChI is InChI=1S/C28H22ClN5O2/c1-16-26(9-8-24(32-16)18-3-4-18)34(28(35)19-5-6-20(11-30)31-12-19)13-17-2-7-21-22-14-36-15-23(22)27(29)33-25(21)10-17/h2,5-10,12,18H,3-4,13-15H2,1H3. The molecular formula is C28H22ClN5O2. The van der Waals surface area contributed by atoms with Crippen LogP contribution >= 0.6 is 11.6 Å². The number of rotatable bonds is 5. The van der Waals surface area contributed by atoms with Gasteiger partial charge in [0.25, 0.3) is 5.91 Å². The number of aromatic nitrogens is 3. The third-order valence-electron chi connectivity index (χ3n) is 6.79. The fraction of sp³-hybridized carbons (Fsp3) is 0.250. The molecular weight excluding hydrogens is 474 g/mol. The van der Waals surface area contributed by atoms with Crippen molar-refractivity contribution in [1.29, 1.82) is 5.26 Å². The van der Waals surface area contributed by atoms with E-state index in [9.17, 15) is 4.79 Å². The zero-order chi connectivity index (χ0) is 24.8. The number of carbonyl (C=O) groups excluding carboxylic acids is 1. The SMILES string of the molecule is Cc1nc(C2CC2)ccc1N(Cc1ccc2c3c(c(Cl)nc2c1)COC3)C(=O)c1ccc(C#N)nc1. The van der Waals surface area contributed by atoms with Crippen molar-refractivity contribution in [2.45, 2.75) is 45.4 Å². The Bertz CT molecular complexity index is 1560. The summed E-state index contributed by atoms with van der Waals surface area (Å²) in [5.74, 6) is 0.302. The Morgan fingerprint density at radius 2 is 1.97 bits per heavy atom. The Kier molecular flexibility index (Phi) is 5.63. The summed E-state index contributed by atoms with van der Waals surface area (Å²) < 4.78 is 5.59. The first-order valence-corrected chi connectivity index (χ1v) is 12.2. The van der Waals surface area contributed by atoms with Gasteiger partial charge in [-0.3, -0.25) is 9.78 Å². The van der Waals surface area contributed by atoms with Crippen LogP contribution in [-0.2, 0) is 24.5 Å². The molecule has 0 N–H and O–H groups in total. The lowest BCUT2D eigenvalue weighted by atomic mass is 10.0. The first-order valence-electron chi connectivity index (χ1n) is 11.8. The van der Waals surface area contributed by atoms with Crippen LogP contribution in [0.4, 0.5) is 5.69 Å². The van der Waals surface area contributed by atoms with Gasteiger partial charge in [0.1, 0.15) is 16.9 Å². The van der Waals surface area contributed by atoms with Crippen LogP contribution in [0.15, 0.2) is 48.7 Å². The summed E-state index contributed by atoms with van der Waals surface area (Å²) >= 11 is 6.43. The minimum Gasteiger partial charge on any atom is -0.372 e. The van der Waals surface area contributed by atoms with Gasteiger partial charge in [0, 0.05) is 28.8 Å². The van der Waals surface area contributed by atoms with Crippen molar-refractivity contribution in [3.63, 3.8) is 0 Å². The van der Waals surface area contributed by atoms with Gasteiger partial charge in [-0.2, -0.15) is 5.26 Å². The average Bonchev–Trinajstić information content (AvgIpc) is 3.63. The second-order valence-electron chi connectivity index (χ2n) is 9.25. The van der Waals surface area contributed by atoms with Gasteiger partial charge in [-0.25, -0.2) is 9.97 Å². The lowest BCUT2D eigenvalue weighted by Gasteiger charge is -2.25. The van der Waals surface area contributed by atoms with Gasteiger partial charge in [0.2, 0.25) is 0 Å². The van der Waals surface area contributed by atoms with E-state index in [1.807, 2.05) is 43.3 Å². The van der Waals surface area contributed by atoms with Gasteiger partial charge in [-0.15, -0.1) is 0 Å². The van der Waals surface area contributed by atoms with E-state index in [4.69, 9.17) is 26.6 Å². The van der Waals surface area contributed by atoms with Crippen molar-refractivity contribution in [3.05, 3.63) is 93.2 Å². The maximum Gasteiger partial charge on any atom is 0.260 e. The zero-order valence-electron chi connectivity index (χ0n) is 19.7. The average molecular weight is 496 g/mol. The van der Waals surface area contributed by atoms with E-state index in [2.05, 4.69) is 9.97 Å². The number of ether oxygens (including phenoxy) is 1. The number of nitrogens with zero attached hydrogens (tertiary/aromatic N) is 5. The number of halogens is 1. The Labute approximate surface area is 213 Å². The number of nitriles is 1. The Morgan fingerprint density at radius 3 is 2.69 bits per heavy atom. The summed E-state index contributed by atoms with van der Waals surface area (Å²) in [6.07, 6.45) is 3.76. The summed E-state index contributed by atoms with van der Waals surface area (Å²) in [5, 5.41) is 10.6. The predicted octanol–water partition coefficient (Wildman–Crippen LogP) is 5.61. The zero-order valence-corrected chi connectivity index (χ0v) is 20.4. The Morgan fingerprint density at radius 1 is 1.14 bits per heavy atom. The number of anilines is 1. The molecule has 3 aromatic heterocycles. The fourth-order valence-corrected chi connectivity index (χ4v) is 4.97. The smallest absolute Gasteiger partial charge is 0.260 e. The Hall–Kier alpha value is -3.86. The van der Waals surface area contributed by atoms with Gasteiger partial charge in [0.05, 0.1) is 42.2 Å². The molecule has 0 spiro atoms. The maximum absolute atomic E-state index is 13.7. The molecule has 4 aromatic rings. The maximum atomic E-state index is 13.7. The van der Waals surface area contributed by atoms with Gasteiger partial charge < -0.3 is 9.64 Å². The second kappa shape index (κ2) is 8.98. The summed E-state index contributed by atoms with van der Waals surface area (Å²) in [7, 11) is 0. The van der Waals surface area contributed by atoms with Crippen molar-refractivity contribution in [1.82, 2.24) is 15.0 Å². The third kappa shape index (κ3) is 4.09. The normalized spacial score (nSPS) is 14.5. The predicted molar refractivity (Wildman–Crippen MR) is 136 cm³/mol. The summed E-state index contributed by atoms with van der Waals surface area (Å²) in [4.78, 5) is 28.9. The molecule has 6 rings (SSSR count). The summed E-state index contributed by atoms with van der Waals surface area (Å²) in [6, 6.07) is 15.2. The van der Waals surface area contributed by atoms with E-state index in [-0.39, 0.29) is 11.6 Å². The topological polar surface area (TPSA) is 92.0 Å². The molecule has 1 aromatic carbocycles. The Balaban J connectivity index is 1.40. The molecule has 7 nitrogen and oxygen atoms in total. The molecule has 178 valence electrons. The molecule has 0 radical (unpaired) electrons. The van der Waals surface area contributed by atoms with Crippen LogP contribution in [0.2, 0.25) is 5.15 Å². The molecule has 36 heavy (non-hydrogen) atoms. The van der Waals surface area contributed by atoms with Gasteiger partial charge in [-0.05, 0) is 61.2 Å². The van der Waals surface area contributed by atoms with Gasteiger partial charge in [0.15, 0.2) is 0 Å². The monoisotopic (exact) mass is 495 g/mol. The van der Waals surface area contributed by atoms with Crippen LogP contribution in [0.25, 0.3) is 10.9 Å². The lowest BCUT2D eigenvalue weighted by Crippen LogP contribution is -2.31. The largest absolute Gasteiger partial charge is 0.372 e. The molecule has 1 fully saturated rings. The van der Waals surface area contributed by atoms with Crippen molar-refractivity contribution >= 4 is 34.1 Å². The molecule has 1 aliphatic heterocycles. The highest BCUT2D eigenvalue weighted by Crippen LogP contribution is 2.40. The molecule has 4 heterocycles. The molecule has 1 saturated carbocycles. The van der Waals surface area contributed by atoms with E-state index >= 15 is 0 Å². The van der Waals surface area contributed by atoms with E-state index in [1.54, 1.807) is 17.0 Å². The van der Waals surface area contributed by atoms with Gasteiger partial charge >= 0.3 is 0 Å². The number of benzene rings is 1. The van der Waals surface area contributed by atoms with E-state index in [1.165, 1.54) is 6.20 Å². The van der Waals surface area contributed by atoms with Crippen LogP contribution < -0.4 is 4.90 Å². The number of fused-ring (bicyclic) bond motifs is 3. The number of hydrogen-bond acceptors (Lipinski definition) is 6. The first-order chi connectivity index (χ1) is 17.5. The number of hydrogen-bond donors (Lipinski definition) is 0. The number of pyridine rings is 3. The first kappa shape index (κ1) is 22.6. The lowest BCUT2D eigenvalue weighted by molar-refractivity contribution is 0.0984. The van der Waals surface area contributed by atoms with Crippen LogP contribution in [0.5, 0.6) is 0 Å². The van der Waals surface area contributed by atoms with Crippen molar-refractivity contribution in [2.75, 3.05) is 4.90 Å². The van der Waals surface area contributed by atoms with Crippen molar-refractivity contribution in [2.24, 2.45) is 0 Å². The second-order valence-corrected chi connectivity index (χ2v) is 9.61. The number of aryl methyl sites for hydroxylation is 1. The number of carbonyl (C=O) groups is 1. The molecule has 2 aliphatic rings. The van der Waals surface area contributed by atoms with Crippen LogP contribution in [-0.4, -0.2) is 20.9 Å². The molecule has 1 amide bonds. The summed E-state index contributed by atoms with van der Waals surface area (Å²) in [5.41, 5.74) is 6.97. The van der Waals surface area contributed by atoms with Crippen LogP contribution in [0.3, 0.4) is 0 Å². The van der Waals surface area contributed by atoms with Crippen LogP contribution in [0.1, 0.15) is 62.9 Å². The molecule has 0 saturated heterocycles. The molecule has 1 aliphatic carbocycles. The van der Waals surface area contributed by atoms with E-state index in [0.29, 0.717) is 36.4 Å². The quantitative estimate of drug-likeness (QED) is 0.334. The highest BCUT2D eigenvalue weighted by atomic mass is 35.5. The van der Waals surface area contributed by atoms with Crippen molar-refractivity contribution < 1.29 is 9.53 Å². The van der Waals surface area contributed by atoms with E-state index < -0.39 is 0 Å². The van der Waals surface area contributed by atoms with Crippen LogP contribution in [0, 0.1) is 18.3 Å². The summed E-state index contributed by atoms with van der Waals surface area (Å²) in [6.45, 7) is 3.24. The minimum absolute atomic E-state index is 0.218.